The van der Waals surface area contributed by atoms with Crippen LogP contribution in [0.1, 0.15) is 12.8 Å². The van der Waals surface area contributed by atoms with Gasteiger partial charge in [0.15, 0.2) is 0 Å². The van der Waals surface area contributed by atoms with Crippen molar-refractivity contribution >= 4 is 12.0 Å². The second kappa shape index (κ2) is 9.31. The van der Waals surface area contributed by atoms with Crippen LogP contribution in [-0.2, 0) is 4.74 Å². The van der Waals surface area contributed by atoms with Crippen LogP contribution in [0.4, 0.5) is 19.5 Å². The molecule has 1 fully saturated rings. The first-order chi connectivity index (χ1) is 11.6. The van der Waals surface area contributed by atoms with Crippen molar-refractivity contribution in [2.24, 2.45) is 0 Å². The number of alkyl halides is 2. The van der Waals surface area contributed by atoms with Gasteiger partial charge in [-0.1, -0.05) is 0 Å². The Bertz CT molecular complexity index is 506. The van der Waals surface area contributed by atoms with Gasteiger partial charge in [-0.2, -0.15) is 0 Å². The topological polar surface area (TPSA) is 70.6 Å². The molecule has 1 aliphatic rings. The first-order valence-corrected chi connectivity index (χ1v) is 7.94. The van der Waals surface area contributed by atoms with Crippen LogP contribution in [0.3, 0.4) is 0 Å². The lowest BCUT2D eigenvalue weighted by Gasteiger charge is -2.34. The maximum absolute atomic E-state index is 12.6. The molecule has 2 rings (SSSR count). The molecule has 1 N–H and O–H groups in total. The molecule has 0 saturated carbocycles. The molecule has 0 aromatic carbocycles. The van der Waals surface area contributed by atoms with Gasteiger partial charge in [-0.3, -0.25) is 0 Å². The normalized spacial score (nSPS) is 17.8. The number of hydrogen-bond donors (Lipinski definition) is 1. The first-order valence-electron chi connectivity index (χ1n) is 7.94. The third kappa shape index (κ3) is 5.55. The second-order valence-corrected chi connectivity index (χ2v) is 5.61. The van der Waals surface area contributed by atoms with Gasteiger partial charge in [0.25, 0.3) is 6.43 Å². The summed E-state index contributed by atoms with van der Waals surface area (Å²) in [5, 5.41) is 2.83. The van der Waals surface area contributed by atoms with Gasteiger partial charge in [0, 0.05) is 45.2 Å². The fraction of sp³-hybridized carbons (Fsp3) is 0.667. The number of ether oxygens (including phenoxy) is 1. The highest BCUT2D eigenvalue weighted by atomic mass is 19.3. The minimum Gasteiger partial charge on any atom is -0.383 e. The van der Waals surface area contributed by atoms with Crippen molar-refractivity contribution in [3.63, 3.8) is 0 Å². The molecule has 2 heterocycles. The van der Waals surface area contributed by atoms with Gasteiger partial charge in [-0.15, -0.1) is 0 Å². The van der Waals surface area contributed by atoms with E-state index in [0.29, 0.717) is 12.5 Å². The fourth-order valence-corrected chi connectivity index (χ4v) is 2.64. The number of rotatable bonds is 7. The molecule has 1 saturated heterocycles. The van der Waals surface area contributed by atoms with Crippen molar-refractivity contribution < 1.29 is 18.3 Å². The van der Waals surface area contributed by atoms with E-state index in [1.54, 1.807) is 18.5 Å². The van der Waals surface area contributed by atoms with Crippen molar-refractivity contribution in [2.45, 2.75) is 25.3 Å². The van der Waals surface area contributed by atoms with E-state index in [4.69, 9.17) is 4.74 Å². The Labute approximate surface area is 140 Å². The standard InChI is InChI=1S/C15H23F2N5O2/c1-24-9-8-22(11-13(16)17)15(23)20-12-4-2-7-21(10-12)14-18-5-3-6-19-14/h3,5-6,12-13H,2,4,7-11H2,1H3,(H,20,23)/t12-/m0/s1. The molecule has 0 aliphatic carbocycles. The predicted molar refractivity (Wildman–Crippen MR) is 85.3 cm³/mol. The quantitative estimate of drug-likeness (QED) is 0.810. The maximum atomic E-state index is 12.6. The zero-order valence-corrected chi connectivity index (χ0v) is 13.7. The summed E-state index contributed by atoms with van der Waals surface area (Å²) in [6.45, 7) is 1.11. The average Bonchev–Trinajstić information content (AvgIpc) is 2.59. The van der Waals surface area contributed by atoms with Gasteiger partial charge in [0.2, 0.25) is 5.95 Å². The molecule has 1 aromatic rings. The van der Waals surface area contributed by atoms with Crippen LogP contribution in [0.15, 0.2) is 18.5 Å². The van der Waals surface area contributed by atoms with E-state index in [0.717, 1.165) is 24.3 Å². The highest BCUT2D eigenvalue weighted by Crippen LogP contribution is 2.15. The number of carbonyl (C=O) groups excluding carboxylic acids is 1. The van der Waals surface area contributed by atoms with E-state index >= 15 is 0 Å². The van der Waals surface area contributed by atoms with E-state index in [1.165, 1.54) is 7.11 Å². The van der Waals surface area contributed by atoms with E-state index in [-0.39, 0.29) is 19.2 Å². The SMILES string of the molecule is COCCN(CC(F)F)C(=O)N[C@H]1CCCN(c2ncccn2)C1. The van der Waals surface area contributed by atoms with Crippen molar-refractivity contribution in [1.82, 2.24) is 20.2 Å². The number of aromatic nitrogens is 2. The molecule has 2 amide bonds. The van der Waals surface area contributed by atoms with Gasteiger partial charge >= 0.3 is 6.03 Å². The largest absolute Gasteiger partial charge is 0.383 e. The Morgan fingerprint density at radius 2 is 2.25 bits per heavy atom. The van der Waals surface area contributed by atoms with Gasteiger partial charge in [-0.05, 0) is 18.9 Å². The van der Waals surface area contributed by atoms with E-state index in [2.05, 4.69) is 15.3 Å². The summed E-state index contributed by atoms with van der Waals surface area (Å²) in [6, 6.07) is 1.12. The molecule has 1 atom stereocenters. The van der Waals surface area contributed by atoms with Crippen molar-refractivity contribution in [3.05, 3.63) is 18.5 Å². The molecule has 0 radical (unpaired) electrons. The van der Waals surface area contributed by atoms with E-state index in [1.807, 2.05) is 4.90 Å². The second-order valence-electron chi connectivity index (χ2n) is 5.61. The molecular formula is C15H23F2N5O2. The number of urea groups is 1. The number of piperidine rings is 1. The smallest absolute Gasteiger partial charge is 0.317 e. The molecule has 1 aliphatic heterocycles. The van der Waals surface area contributed by atoms with Crippen molar-refractivity contribution in [2.75, 3.05) is 44.8 Å². The maximum Gasteiger partial charge on any atom is 0.317 e. The lowest BCUT2D eigenvalue weighted by Crippen LogP contribution is -2.53. The number of hydrogen-bond acceptors (Lipinski definition) is 5. The molecule has 1 aromatic heterocycles. The van der Waals surface area contributed by atoms with Gasteiger partial charge in [-0.25, -0.2) is 23.5 Å². The van der Waals surface area contributed by atoms with Crippen LogP contribution in [0.2, 0.25) is 0 Å². The van der Waals surface area contributed by atoms with Crippen LogP contribution in [0.25, 0.3) is 0 Å². The van der Waals surface area contributed by atoms with Gasteiger partial charge in [0.1, 0.15) is 0 Å². The number of carbonyl (C=O) groups is 1. The Hall–Kier alpha value is -2.03. The summed E-state index contributed by atoms with van der Waals surface area (Å²) in [6.07, 6.45) is 2.42. The summed E-state index contributed by atoms with van der Waals surface area (Å²) in [5.74, 6) is 0.611. The summed E-state index contributed by atoms with van der Waals surface area (Å²) >= 11 is 0. The van der Waals surface area contributed by atoms with Crippen LogP contribution in [0, 0.1) is 0 Å². The van der Waals surface area contributed by atoms with Crippen LogP contribution >= 0.6 is 0 Å². The van der Waals surface area contributed by atoms with E-state index < -0.39 is 19.0 Å². The molecule has 134 valence electrons. The van der Waals surface area contributed by atoms with Crippen LogP contribution in [-0.4, -0.2) is 73.3 Å². The Morgan fingerprint density at radius 1 is 1.50 bits per heavy atom. The lowest BCUT2D eigenvalue weighted by molar-refractivity contribution is 0.0824. The number of methoxy groups -OCH3 is 1. The number of amides is 2. The van der Waals surface area contributed by atoms with Crippen molar-refractivity contribution in [1.29, 1.82) is 0 Å². The molecule has 7 nitrogen and oxygen atoms in total. The molecule has 0 unspecified atom stereocenters. The lowest BCUT2D eigenvalue weighted by atomic mass is 10.1. The Morgan fingerprint density at radius 3 is 2.92 bits per heavy atom. The number of nitrogens with one attached hydrogen (secondary N) is 1. The molecule has 0 spiro atoms. The summed E-state index contributed by atoms with van der Waals surface area (Å²) in [4.78, 5) is 23.8. The van der Waals surface area contributed by atoms with Gasteiger partial charge < -0.3 is 19.9 Å². The minimum absolute atomic E-state index is 0.127. The van der Waals surface area contributed by atoms with E-state index in [9.17, 15) is 13.6 Å². The number of nitrogens with zero attached hydrogens (tertiary/aromatic N) is 4. The molecule has 0 bridgehead atoms. The number of halogens is 2. The predicted octanol–water partition coefficient (Wildman–Crippen LogP) is 1.37. The zero-order valence-electron chi connectivity index (χ0n) is 13.7. The van der Waals surface area contributed by atoms with Crippen LogP contribution < -0.4 is 10.2 Å². The third-order valence-electron chi connectivity index (χ3n) is 3.79. The molecule has 9 heteroatoms. The monoisotopic (exact) mass is 343 g/mol. The summed E-state index contributed by atoms with van der Waals surface area (Å²) in [5.41, 5.74) is 0. The summed E-state index contributed by atoms with van der Waals surface area (Å²) < 4.78 is 30.2. The first kappa shape index (κ1) is 18.3. The van der Waals surface area contributed by atoms with Crippen molar-refractivity contribution in [3.8, 4) is 0 Å². The minimum atomic E-state index is -2.58. The Balaban J connectivity index is 1.91. The highest BCUT2D eigenvalue weighted by Gasteiger charge is 2.25. The number of anilines is 1. The molecule has 24 heavy (non-hydrogen) atoms. The average molecular weight is 343 g/mol. The third-order valence-corrected chi connectivity index (χ3v) is 3.79. The highest BCUT2D eigenvalue weighted by molar-refractivity contribution is 5.74. The van der Waals surface area contributed by atoms with Crippen LogP contribution in [0.5, 0.6) is 0 Å². The molecular weight excluding hydrogens is 320 g/mol. The van der Waals surface area contributed by atoms with Gasteiger partial charge in [0.05, 0.1) is 13.2 Å². The summed E-state index contributed by atoms with van der Waals surface area (Å²) in [7, 11) is 1.47. The Kier molecular flexibility index (Phi) is 7.10. The fourth-order valence-electron chi connectivity index (χ4n) is 2.64. The zero-order chi connectivity index (χ0) is 17.4.